The lowest BCUT2D eigenvalue weighted by Gasteiger charge is -2.11. The van der Waals surface area contributed by atoms with Crippen LogP contribution in [0.2, 0.25) is 0 Å². The highest BCUT2D eigenvalue weighted by molar-refractivity contribution is 7.99. The van der Waals surface area contributed by atoms with Gasteiger partial charge in [-0.1, -0.05) is 6.08 Å². The minimum Gasteiger partial charge on any atom is -0.258 e. The molecule has 0 aliphatic rings. The molecule has 0 amide bonds. The molecule has 0 unspecified atom stereocenters. The van der Waals surface area contributed by atoms with Crippen LogP contribution in [-0.2, 0) is 6.18 Å². The van der Waals surface area contributed by atoms with Crippen molar-refractivity contribution in [2.45, 2.75) is 11.1 Å². The van der Waals surface area contributed by atoms with Crippen molar-refractivity contribution in [3.63, 3.8) is 0 Å². The zero-order valence-electron chi connectivity index (χ0n) is 8.53. The number of nitrogens with zero attached hydrogens (tertiary/aromatic N) is 1. The molecule has 0 radical (unpaired) electrons. The highest BCUT2D eigenvalue weighted by atomic mass is 32.2. The Kier molecular flexibility index (Phi) is 4.17. The first-order valence-corrected chi connectivity index (χ1v) is 5.44. The summed E-state index contributed by atoms with van der Waals surface area (Å²) >= 11 is 0.934. The van der Waals surface area contributed by atoms with E-state index in [1.165, 1.54) is 6.08 Å². The second-order valence-corrected chi connectivity index (χ2v) is 4.10. The van der Waals surface area contributed by atoms with Gasteiger partial charge in [0.25, 0.3) is 5.69 Å². The van der Waals surface area contributed by atoms with E-state index in [1.54, 1.807) is 0 Å². The van der Waals surface area contributed by atoms with Crippen molar-refractivity contribution in [1.82, 2.24) is 0 Å². The number of non-ortho nitro benzene ring substituents is 1. The molecular weight excluding hydrogens is 255 g/mol. The van der Waals surface area contributed by atoms with Crippen molar-refractivity contribution in [2.24, 2.45) is 0 Å². The van der Waals surface area contributed by atoms with Gasteiger partial charge in [0.1, 0.15) is 0 Å². The van der Waals surface area contributed by atoms with Gasteiger partial charge in [0.15, 0.2) is 0 Å². The zero-order valence-corrected chi connectivity index (χ0v) is 9.35. The predicted octanol–water partition coefficient (Wildman–Crippen LogP) is 3.89. The Morgan fingerprint density at radius 2 is 2.12 bits per heavy atom. The number of benzene rings is 1. The van der Waals surface area contributed by atoms with Crippen molar-refractivity contribution in [3.8, 4) is 0 Å². The second-order valence-electron chi connectivity index (χ2n) is 3.04. The second kappa shape index (κ2) is 5.22. The number of nitro groups is 1. The van der Waals surface area contributed by atoms with E-state index in [0.717, 1.165) is 23.9 Å². The fraction of sp³-hybridized carbons (Fsp3) is 0.200. The smallest absolute Gasteiger partial charge is 0.258 e. The van der Waals surface area contributed by atoms with E-state index in [0.29, 0.717) is 11.8 Å². The summed E-state index contributed by atoms with van der Waals surface area (Å²) in [5.74, 6) is 0.306. The molecule has 0 aromatic heterocycles. The summed E-state index contributed by atoms with van der Waals surface area (Å²) in [6.07, 6.45) is -3.14. The van der Waals surface area contributed by atoms with Crippen molar-refractivity contribution in [1.29, 1.82) is 0 Å². The monoisotopic (exact) mass is 263 g/mol. The molecule has 17 heavy (non-hydrogen) atoms. The van der Waals surface area contributed by atoms with Gasteiger partial charge in [0.2, 0.25) is 0 Å². The largest absolute Gasteiger partial charge is 0.417 e. The van der Waals surface area contributed by atoms with E-state index < -0.39 is 22.4 Å². The number of halogens is 3. The Bertz CT molecular complexity index is 446. The van der Waals surface area contributed by atoms with Crippen LogP contribution >= 0.6 is 11.8 Å². The molecule has 0 N–H and O–H groups in total. The quantitative estimate of drug-likeness (QED) is 0.358. The highest BCUT2D eigenvalue weighted by Crippen LogP contribution is 2.38. The van der Waals surface area contributed by atoms with Crippen LogP contribution in [0, 0.1) is 10.1 Å². The maximum Gasteiger partial charge on any atom is 0.417 e. The Hall–Kier alpha value is -1.50. The standard InChI is InChI=1S/C10H8F3NO2S/c1-2-5-17-9-4-3-7(14(15)16)6-8(9)10(11,12)13/h2-4,6H,1,5H2. The van der Waals surface area contributed by atoms with Crippen LogP contribution in [0.3, 0.4) is 0 Å². The summed E-state index contributed by atoms with van der Waals surface area (Å²) in [6, 6.07) is 2.71. The van der Waals surface area contributed by atoms with Crippen molar-refractivity contribution >= 4 is 17.4 Å². The van der Waals surface area contributed by atoms with Gasteiger partial charge in [-0.05, 0) is 6.07 Å². The number of thioether (sulfide) groups is 1. The van der Waals surface area contributed by atoms with E-state index in [-0.39, 0.29) is 4.90 Å². The fourth-order valence-electron chi connectivity index (χ4n) is 1.13. The molecule has 7 heteroatoms. The van der Waals surface area contributed by atoms with Crippen LogP contribution in [0.25, 0.3) is 0 Å². The average Bonchev–Trinajstić information content (AvgIpc) is 2.24. The van der Waals surface area contributed by atoms with Gasteiger partial charge in [-0.25, -0.2) is 0 Å². The maximum absolute atomic E-state index is 12.7. The number of rotatable bonds is 4. The van der Waals surface area contributed by atoms with E-state index in [9.17, 15) is 23.3 Å². The van der Waals surface area contributed by atoms with Crippen LogP contribution in [-0.4, -0.2) is 10.7 Å². The zero-order chi connectivity index (χ0) is 13.1. The third-order valence-electron chi connectivity index (χ3n) is 1.84. The van der Waals surface area contributed by atoms with Gasteiger partial charge in [-0.15, -0.1) is 18.3 Å². The van der Waals surface area contributed by atoms with E-state index >= 15 is 0 Å². The SMILES string of the molecule is C=CCSc1ccc([N+](=O)[O-])cc1C(F)(F)F. The van der Waals surface area contributed by atoms with Crippen LogP contribution in [0.4, 0.5) is 18.9 Å². The Labute approximate surface area is 99.5 Å². The molecule has 0 heterocycles. The lowest BCUT2D eigenvalue weighted by atomic mass is 10.2. The molecule has 0 saturated carbocycles. The molecule has 0 aliphatic heterocycles. The molecule has 0 spiro atoms. The minimum atomic E-state index is -4.60. The number of alkyl halides is 3. The van der Waals surface area contributed by atoms with E-state index in [1.807, 2.05) is 0 Å². The van der Waals surface area contributed by atoms with Crippen LogP contribution in [0.5, 0.6) is 0 Å². The average molecular weight is 263 g/mol. The summed E-state index contributed by atoms with van der Waals surface area (Å²) in [6.45, 7) is 3.40. The molecule has 1 aromatic rings. The van der Waals surface area contributed by atoms with Gasteiger partial charge in [-0.2, -0.15) is 13.2 Å². The third-order valence-corrected chi connectivity index (χ3v) is 2.91. The molecule has 1 rings (SSSR count). The van der Waals surface area contributed by atoms with Gasteiger partial charge < -0.3 is 0 Å². The minimum absolute atomic E-state index is 0.0389. The first-order chi connectivity index (χ1) is 7.86. The summed E-state index contributed by atoms with van der Waals surface area (Å²) < 4.78 is 38.0. The van der Waals surface area contributed by atoms with E-state index in [2.05, 4.69) is 6.58 Å². The van der Waals surface area contributed by atoms with Gasteiger partial charge in [-0.3, -0.25) is 10.1 Å². The number of nitro benzene ring substituents is 1. The van der Waals surface area contributed by atoms with E-state index in [4.69, 9.17) is 0 Å². The van der Waals surface area contributed by atoms with Crippen LogP contribution in [0.1, 0.15) is 5.56 Å². The first-order valence-electron chi connectivity index (χ1n) is 4.45. The number of hydrogen-bond donors (Lipinski definition) is 0. The molecule has 92 valence electrons. The van der Waals surface area contributed by atoms with Crippen LogP contribution in [0.15, 0.2) is 35.7 Å². The summed E-state index contributed by atoms with van der Waals surface area (Å²) in [7, 11) is 0. The topological polar surface area (TPSA) is 43.1 Å². The fourth-order valence-corrected chi connectivity index (χ4v) is 1.92. The third kappa shape index (κ3) is 3.48. The Morgan fingerprint density at radius 1 is 1.47 bits per heavy atom. The van der Waals surface area contributed by atoms with Crippen LogP contribution < -0.4 is 0 Å². The Balaban J connectivity index is 3.21. The first kappa shape index (κ1) is 13.6. The molecule has 1 aromatic carbocycles. The molecule has 0 aliphatic carbocycles. The van der Waals surface area contributed by atoms with Crippen molar-refractivity contribution in [3.05, 3.63) is 46.5 Å². The van der Waals surface area contributed by atoms with Crippen molar-refractivity contribution < 1.29 is 18.1 Å². The lowest BCUT2D eigenvalue weighted by molar-refractivity contribution is -0.385. The Morgan fingerprint density at radius 3 is 2.59 bits per heavy atom. The summed E-state index contributed by atoms with van der Waals surface area (Å²) in [5, 5.41) is 10.4. The predicted molar refractivity (Wildman–Crippen MR) is 59.0 cm³/mol. The molecule has 3 nitrogen and oxygen atoms in total. The molecule has 0 atom stereocenters. The highest BCUT2D eigenvalue weighted by Gasteiger charge is 2.35. The molecular formula is C10H8F3NO2S. The molecule has 0 saturated heterocycles. The van der Waals surface area contributed by atoms with Crippen molar-refractivity contribution in [2.75, 3.05) is 5.75 Å². The van der Waals surface area contributed by atoms with Gasteiger partial charge in [0.05, 0.1) is 10.5 Å². The molecule has 0 fully saturated rings. The van der Waals surface area contributed by atoms with Gasteiger partial charge >= 0.3 is 6.18 Å². The summed E-state index contributed by atoms with van der Waals surface area (Å²) in [4.78, 5) is 9.53. The normalized spacial score (nSPS) is 11.2. The number of hydrogen-bond acceptors (Lipinski definition) is 3. The summed E-state index contributed by atoms with van der Waals surface area (Å²) in [5.41, 5.74) is -1.56. The van der Waals surface area contributed by atoms with Gasteiger partial charge in [0, 0.05) is 22.8 Å². The molecule has 0 bridgehead atoms. The maximum atomic E-state index is 12.7. The lowest BCUT2D eigenvalue weighted by Crippen LogP contribution is -2.07.